The average Bonchev–Trinajstić information content (AvgIpc) is 2.36. The van der Waals surface area contributed by atoms with Gasteiger partial charge in [-0.3, -0.25) is 0 Å². The number of hydrogen-bond acceptors (Lipinski definition) is 3. The molecule has 24 heavy (non-hydrogen) atoms. The molecule has 134 valence electrons. The van der Waals surface area contributed by atoms with E-state index in [1.54, 1.807) is 20.8 Å². The molecule has 0 aliphatic carbocycles. The molecule has 1 aromatic rings. The van der Waals surface area contributed by atoms with E-state index in [-0.39, 0.29) is 5.56 Å². The van der Waals surface area contributed by atoms with Crippen molar-refractivity contribution in [2.75, 3.05) is 0 Å². The molecule has 9 heteroatoms. The van der Waals surface area contributed by atoms with Gasteiger partial charge >= 0.3 is 18.2 Å². The highest BCUT2D eigenvalue weighted by Crippen LogP contribution is 2.32. The second kappa shape index (κ2) is 7.06. The highest BCUT2D eigenvalue weighted by Gasteiger charge is 2.34. The summed E-state index contributed by atoms with van der Waals surface area (Å²) in [5.41, 5.74) is -2.46. The standard InChI is InChI=1S/C15H17F4NO4/c1-14(2,3)24-13(23)20-11(12(21)22)7-8-4-5-10(16)9(6-8)15(17,18)19/h4-6,11H,7H2,1-3H3,(H,20,23)(H,21,22)/t11-/m0/s1. The van der Waals surface area contributed by atoms with Crippen LogP contribution < -0.4 is 5.32 Å². The van der Waals surface area contributed by atoms with E-state index >= 15 is 0 Å². The van der Waals surface area contributed by atoms with Gasteiger partial charge < -0.3 is 15.2 Å². The number of halogens is 4. The van der Waals surface area contributed by atoms with Gasteiger partial charge in [0.2, 0.25) is 0 Å². The summed E-state index contributed by atoms with van der Waals surface area (Å²) in [4.78, 5) is 22.8. The van der Waals surface area contributed by atoms with Crippen LogP contribution in [0.1, 0.15) is 31.9 Å². The summed E-state index contributed by atoms with van der Waals surface area (Å²) in [6.07, 6.45) is -6.39. The van der Waals surface area contributed by atoms with Crippen LogP contribution in [0.3, 0.4) is 0 Å². The minimum Gasteiger partial charge on any atom is -0.480 e. The van der Waals surface area contributed by atoms with Crippen LogP contribution in [0.25, 0.3) is 0 Å². The molecule has 0 aliphatic heterocycles. The van der Waals surface area contributed by atoms with Crippen LogP contribution in [-0.4, -0.2) is 28.8 Å². The number of carboxylic acid groups (broad SMARTS) is 1. The molecule has 0 saturated heterocycles. The minimum atomic E-state index is -4.91. The molecular weight excluding hydrogens is 334 g/mol. The number of carboxylic acids is 1. The third-order valence-electron chi connectivity index (χ3n) is 2.77. The Kier molecular flexibility index (Phi) is 5.80. The average molecular weight is 351 g/mol. The zero-order valence-electron chi connectivity index (χ0n) is 13.2. The summed E-state index contributed by atoms with van der Waals surface area (Å²) in [6.45, 7) is 4.70. The van der Waals surface area contributed by atoms with Crippen molar-refractivity contribution in [2.45, 2.75) is 45.0 Å². The number of rotatable bonds is 4. The Morgan fingerprint density at radius 2 is 1.83 bits per heavy atom. The van der Waals surface area contributed by atoms with Crippen LogP contribution >= 0.6 is 0 Å². The minimum absolute atomic E-state index is 0.0906. The highest BCUT2D eigenvalue weighted by atomic mass is 19.4. The number of alkyl halides is 3. The molecule has 0 heterocycles. The van der Waals surface area contributed by atoms with E-state index < -0.39 is 47.7 Å². The van der Waals surface area contributed by atoms with E-state index in [1.807, 2.05) is 0 Å². The van der Waals surface area contributed by atoms with Gasteiger partial charge in [-0.05, 0) is 38.5 Å². The van der Waals surface area contributed by atoms with Gasteiger partial charge in [-0.1, -0.05) is 6.07 Å². The number of hydrogen-bond donors (Lipinski definition) is 2. The molecule has 1 atom stereocenters. The summed E-state index contributed by atoms with van der Waals surface area (Å²) < 4.78 is 56.2. The van der Waals surface area contributed by atoms with Crippen LogP contribution in [0, 0.1) is 5.82 Å². The lowest BCUT2D eigenvalue weighted by atomic mass is 10.0. The van der Waals surface area contributed by atoms with Crippen molar-refractivity contribution in [1.29, 1.82) is 0 Å². The van der Waals surface area contributed by atoms with Crippen molar-refractivity contribution in [3.05, 3.63) is 35.1 Å². The topological polar surface area (TPSA) is 75.6 Å². The summed E-state index contributed by atoms with van der Waals surface area (Å²) in [5, 5.41) is 11.2. The molecule has 1 amide bonds. The first-order valence-electron chi connectivity index (χ1n) is 6.87. The maximum absolute atomic E-state index is 13.2. The smallest absolute Gasteiger partial charge is 0.419 e. The van der Waals surface area contributed by atoms with E-state index in [4.69, 9.17) is 9.84 Å². The van der Waals surface area contributed by atoms with Crippen molar-refractivity contribution < 1.29 is 37.0 Å². The van der Waals surface area contributed by atoms with Crippen LogP contribution in [0.5, 0.6) is 0 Å². The molecule has 5 nitrogen and oxygen atoms in total. The largest absolute Gasteiger partial charge is 0.480 e. The van der Waals surface area contributed by atoms with Crippen molar-refractivity contribution >= 4 is 12.1 Å². The first-order valence-corrected chi connectivity index (χ1v) is 6.87. The number of alkyl carbamates (subject to hydrolysis) is 1. The third kappa shape index (κ3) is 6.05. The second-order valence-corrected chi connectivity index (χ2v) is 6.05. The number of benzene rings is 1. The van der Waals surface area contributed by atoms with Crippen LogP contribution in [-0.2, 0) is 22.1 Å². The maximum Gasteiger partial charge on any atom is 0.419 e. The highest BCUT2D eigenvalue weighted by molar-refractivity contribution is 5.80. The molecule has 1 rings (SSSR count). The van der Waals surface area contributed by atoms with Crippen molar-refractivity contribution in [1.82, 2.24) is 5.32 Å². The van der Waals surface area contributed by atoms with Crippen molar-refractivity contribution in [2.24, 2.45) is 0 Å². The molecule has 0 spiro atoms. The fourth-order valence-corrected chi connectivity index (χ4v) is 1.80. The SMILES string of the molecule is CC(C)(C)OC(=O)N[C@@H](Cc1ccc(F)c(C(F)(F)F)c1)C(=O)O. The van der Waals surface area contributed by atoms with Crippen LogP contribution in [0.15, 0.2) is 18.2 Å². The Labute approximate surface area is 135 Å². The zero-order valence-corrected chi connectivity index (χ0v) is 13.2. The molecule has 0 bridgehead atoms. The van der Waals surface area contributed by atoms with Gasteiger partial charge in [-0.15, -0.1) is 0 Å². The number of ether oxygens (including phenoxy) is 1. The van der Waals surface area contributed by atoms with Crippen molar-refractivity contribution in [3.63, 3.8) is 0 Å². The molecule has 0 radical (unpaired) electrons. The second-order valence-electron chi connectivity index (χ2n) is 6.05. The Morgan fingerprint density at radius 3 is 2.29 bits per heavy atom. The lowest BCUT2D eigenvalue weighted by Gasteiger charge is -2.22. The first-order chi connectivity index (χ1) is 10.8. The summed E-state index contributed by atoms with van der Waals surface area (Å²) in [7, 11) is 0. The fourth-order valence-electron chi connectivity index (χ4n) is 1.80. The van der Waals surface area contributed by atoms with E-state index in [1.165, 1.54) is 0 Å². The molecule has 0 saturated carbocycles. The van der Waals surface area contributed by atoms with Crippen LogP contribution in [0.2, 0.25) is 0 Å². The van der Waals surface area contributed by atoms with Gasteiger partial charge in [-0.25, -0.2) is 14.0 Å². The number of carbonyl (C=O) groups is 2. The predicted molar refractivity (Wildman–Crippen MR) is 75.9 cm³/mol. The lowest BCUT2D eigenvalue weighted by molar-refractivity contribution is -0.140. The number of aliphatic carboxylic acids is 1. The van der Waals surface area contributed by atoms with E-state index in [9.17, 15) is 27.2 Å². The van der Waals surface area contributed by atoms with Gasteiger partial charge in [0.1, 0.15) is 17.5 Å². The molecule has 0 aliphatic rings. The Morgan fingerprint density at radius 1 is 1.25 bits per heavy atom. The Balaban J connectivity index is 2.94. The molecular formula is C15H17F4NO4. The van der Waals surface area contributed by atoms with Gasteiger partial charge in [0.05, 0.1) is 5.56 Å². The van der Waals surface area contributed by atoms with E-state index in [2.05, 4.69) is 5.32 Å². The molecule has 0 aromatic heterocycles. The maximum atomic E-state index is 13.2. The number of carbonyl (C=O) groups excluding carboxylic acids is 1. The first kappa shape index (κ1) is 19.7. The van der Waals surface area contributed by atoms with E-state index in [0.29, 0.717) is 12.1 Å². The number of nitrogens with one attached hydrogen (secondary N) is 1. The Bertz CT molecular complexity index is 623. The number of amides is 1. The van der Waals surface area contributed by atoms with Gasteiger partial charge in [0.15, 0.2) is 0 Å². The van der Waals surface area contributed by atoms with Gasteiger partial charge in [-0.2, -0.15) is 13.2 Å². The van der Waals surface area contributed by atoms with E-state index in [0.717, 1.165) is 6.07 Å². The third-order valence-corrected chi connectivity index (χ3v) is 2.77. The molecule has 2 N–H and O–H groups in total. The lowest BCUT2D eigenvalue weighted by Crippen LogP contribution is -2.44. The monoisotopic (exact) mass is 351 g/mol. The summed E-state index contributed by atoms with van der Waals surface area (Å²) in [6, 6.07) is 0.621. The normalized spacial score (nSPS) is 13.3. The summed E-state index contributed by atoms with van der Waals surface area (Å²) in [5.74, 6) is -2.92. The Hall–Kier alpha value is -2.32. The zero-order chi connectivity index (χ0) is 18.7. The molecule has 0 unspecified atom stereocenters. The van der Waals surface area contributed by atoms with Crippen molar-refractivity contribution in [3.8, 4) is 0 Å². The quantitative estimate of drug-likeness (QED) is 0.816. The predicted octanol–water partition coefficient (Wildman–Crippen LogP) is 3.36. The van der Waals surface area contributed by atoms with Crippen LogP contribution in [0.4, 0.5) is 22.4 Å². The van der Waals surface area contributed by atoms with Gasteiger partial charge in [0, 0.05) is 6.42 Å². The molecule has 0 fully saturated rings. The molecule has 1 aromatic carbocycles. The summed E-state index contributed by atoms with van der Waals surface area (Å²) >= 11 is 0. The van der Waals surface area contributed by atoms with Gasteiger partial charge in [0.25, 0.3) is 0 Å². The fraction of sp³-hybridized carbons (Fsp3) is 0.467.